The van der Waals surface area contributed by atoms with Crippen molar-refractivity contribution in [2.45, 2.75) is 20.0 Å². The fourth-order valence-electron chi connectivity index (χ4n) is 1.96. The summed E-state index contributed by atoms with van der Waals surface area (Å²) in [6.45, 7) is 3.25. The Morgan fingerprint density at radius 1 is 1.12 bits per heavy atom. The van der Waals surface area contributed by atoms with Gasteiger partial charge in [-0.05, 0) is 67.4 Å². The molecule has 0 bridgehead atoms. The third-order valence-corrected chi connectivity index (χ3v) is 3.34. The molecular weight excluding hydrogens is 310 g/mol. The average molecular weight is 327 g/mol. The van der Waals surface area contributed by atoms with Crippen molar-refractivity contribution in [2.24, 2.45) is 4.99 Å². The number of ether oxygens (including phenoxy) is 1. The Morgan fingerprint density at radius 2 is 1.79 bits per heavy atom. The van der Waals surface area contributed by atoms with Crippen LogP contribution in [0.2, 0.25) is 0 Å². The van der Waals surface area contributed by atoms with Gasteiger partial charge in [0.05, 0.1) is 11.3 Å². The Hall–Kier alpha value is -3.15. The van der Waals surface area contributed by atoms with Crippen LogP contribution in [0.1, 0.15) is 28.4 Å². The highest BCUT2D eigenvalue weighted by Crippen LogP contribution is 2.20. The van der Waals surface area contributed by atoms with Gasteiger partial charge in [0.1, 0.15) is 5.75 Å². The third kappa shape index (κ3) is 4.42. The molecule has 0 saturated heterocycles. The van der Waals surface area contributed by atoms with E-state index in [2.05, 4.69) is 4.99 Å². The Kier molecular flexibility index (Phi) is 5.31. The molecule has 0 spiro atoms. The molecule has 6 heteroatoms. The number of carboxylic acids is 2. The summed E-state index contributed by atoms with van der Waals surface area (Å²) in [5, 5.41) is 17.7. The van der Waals surface area contributed by atoms with E-state index in [1.165, 1.54) is 13.0 Å². The number of hydrogen-bond acceptors (Lipinski definition) is 4. The van der Waals surface area contributed by atoms with E-state index in [1.807, 2.05) is 0 Å². The normalized spacial score (nSPS) is 12.1. The Bertz CT molecular complexity index is 780. The molecule has 0 aliphatic carbocycles. The molecule has 1 atom stereocenters. The lowest BCUT2D eigenvalue weighted by atomic mass is 10.1. The summed E-state index contributed by atoms with van der Waals surface area (Å²) in [4.78, 5) is 26.0. The van der Waals surface area contributed by atoms with Crippen molar-refractivity contribution in [3.8, 4) is 5.75 Å². The van der Waals surface area contributed by atoms with Crippen LogP contribution in [0, 0.1) is 6.92 Å². The molecule has 0 unspecified atom stereocenters. The van der Waals surface area contributed by atoms with Gasteiger partial charge in [-0.15, -0.1) is 0 Å². The molecular formula is C18H17NO5. The minimum absolute atomic E-state index is 0.223. The minimum Gasteiger partial charge on any atom is -0.479 e. The van der Waals surface area contributed by atoms with Gasteiger partial charge >= 0.3 is 11.9 Å². The van der Waals surface area contributed by atoms with Crippen LogP contribution in [-0.4, -0.2) is 34.5 Å². The molecule has 2 N–H and O–H groups in total. The van der Waals surface area contributed by atoms with Crippen molar-refractivity contribution >= 4 is 23.8 Å². The highest BCUT2D eigenvalue weighted by atomic mass is 16.5. The van der Waals surface area contributed by atoms with E-state index in [0.29, 0.717) is 11.4 Å². The first-order valence-electron chi connectivity index (χ1n) is 7.24. The van der Waals surface area contributed by atoms with Gasteiger partial charge in [-0.1, -0.05) is 0 Å². The molecule has 0 aromatic heterocycles. The van der Waals surface area contributed by atoms with Crippen LogP contribution in [0.3, 0.4) is 0 Å². The molecule has 2 aromatic carbocycles. The smallest absolute Gasteiger partial charge is 0.344 e. The highest BCUT2D eigenvalue weighted by molar-refractivity contribution is 5.89. The van der Waals surface area contributed by atoms with Gasteiger partial charge in [0.2, 0.25) is 0 Å². The zero-order chi connectivity index (χ0) is 17.7. The number of nitrogens with zero attached hydrogens (tertiary/aromatic N) is 1. The second kappa shape index (κ2) is 7.41. The van der Waals surface area contributed by atoms with Crippen molar-refractivity contribution in [1.29, 1.82) is 0 Å². The van der Waals surface area contributed by atoms with Crippen LogP contribution in [0.4, 0.5) is 5.69 Å². The fraction of sp³-hybridized carbons (Fsp3) is 0.167. The maximum absolute atomic E-state index is 10.9. The first-order chi connectivity index (χ1) is 11.4. The topological polar surface area (TPSA) is 96.2 Å². The summed E-state index contributed by atoms with van der Waals surface area (Å²) in [6, 6.07) is 11.6. The van der Waals surface area contributed by atoms with Gasteiger partial charge in [0, 0.05) is 6.21 Å². The van der Waals surface area contributed by atoms with Gasteiger partial charge in [-0.2, -0.15) is 0 Å². The van der Waals surface area contributed by atoms with Gasteiger partial charge < -0.3 is 14.9 Å². The second-order valence-corrected chi connectivity index (χ2v) is 5.23. The van der Waals surface area contributed by atoms with E-state index < -0.39 is 18.0 Å². The average Bonchev–Trinajstić information content (AvgIpc) is 2.54. The lowest BCUT2D eigenvalue weighted by Gasteiger charge is -2.10. The van der Waals surface area contributed by atoms with Crippen LogP contribution < -0.4 is 4.74 Å². The van der Waals surface area contributed by atoms with Crippen LogP contribution in [-0.2, 0) is 4.79 Å². The number of carbonyl (C=O) groups is 2. The quantitative estimate of drug-likeness (QED) is 0.794. The maximum atomic E-state index is 10.9. The van der Waals surface area contributed by atoms with Crippen LogP contribution in [0.25, 0.3) is 0 Å². The van der Waals surface area contributed by atoms with E-state index in [9.17, 15) is 9.59 Å². The fourth-order valence-corrected chi connectivity index (χ4v) is 1.96. The number of benzene rings is 2. The molecule has 0 radical (unpaired) electrons. The number of rotatable bonds is 6. The predicted octanol–water partition coefficient (Wildman–Crippen LogP) is 3.30. The summed E-state index contributed by atoms with van der Waals surface area (Å²) < 4.78 is 5.25. The van der Waals surface area contributed by atoms with Gasteiger partial charge in [-0.25, -0.2) is 9.59 Å². The first-order valence-corrected chi connectivity index (χ1v) is 7.24. The summed E-state index contributed by atoms with van der Waals surface area (Å²) in [5.41, 5.74) is 2.48. The molecule has 0 aliphatic rings. The number of aliphatic carboxylic acids is 1. The van der Waals surface area contributed by atoms with Gasteiger partial charge in [0.25, 0.3) is 0 Å². The summed E-state index contributed by atoms with van der Waals surface area (Å²) in [7, 11) is 0. The molecule has 0 saturated carbocycles. The zero-order valence-electron chi connectivity index (χ0n) is 13.3. The van der Waals surface area contributed by atoms with E-state index in [4.69, 9.17) is 14.9 Å². The molecule has 0 heterocycles. The standard InChI is InChI=1S/C18H17NO5/c1-11-9-14(18(22)23)5-8-16(11)19-10-13-3-6-15(7-4-13)24-12(2)17(20)21/h3-10,12H,1-2H3,(H,20,21)(H,22,23)/t12-/m1/s1. The van der Waals surface area contributed by atoms with E-state index >= 15 is 0 Å². The number of carboxylic acid groups (broad SMARTS) is 2. The van der Waals surface area contributed by atoms with Crippen molar-refractivity contribution in [2.75, 3.05) is 0 Å². The van der Waals surface area contributed by atoms with Gasteiger partial charge in [-0.3, -0.25) is 4.99 Å². The van der Waals surface area contributed by atoms with E-state index in [-0.39, 0.29) is 5.56 Å². The first kappa shape index (κ1) is 17.2. The van der Waals surface area contributed by atoms with Crippen molar-refractivity contribution in [1.82, 2.24) is 0 Å². The highest BCUT2D eigenvalue weighted by Gasteiger charge is 2.11. The minimum atomic E-state index is -1.03. The largest absolute Gasteiger partial charge is 0.479 e. The van der Waals surface area contributed by atoms with Crippen molar-refractivity contribution < 1.29 is 24.5 Å². The SMILES string of the molecule is Cc1cc(C(=O)O)ccc1N=Cc1ccc(O[C@H](C)C(=O)O)cc1. The molecule has 2 aromatic rings. The predicted molar refractivity (Wildman–Crippen MR) is 89.6 cm³/mol. The summed E-state index contributed by atoms with van der Waals surface area (Å²) in [5.74, 6) is -1.54. The molecule has 2 rings (SSSR count). The second-order valence-electron chi connectivity index (χ2n) is 5.23. The zero-order valence-corrected chi connectivity index (χ0v) is 13.3. The molecule has 24 heavy (non-hydrogen) atoms. The van der Waals surface area contributed by atoms with E-state index in [0.717, 1.165) is 11.1 Å². The van der Waals surface area contributed by atoms with Gasteiger partial charge in [0.15, 0.2) is 6.10 Å². The maximum Gasteiger partial charge on any atom is 0.344 e. The third-order valence-electron chi connectivity index (χ3n) is 3.34. The summed E-state index contributed by atoms with van der Waals surface area (Å²) >= 11 is 0. The monoisotopic (exact) mass is 327 g/mol. The van der Waals surface area contributed by atoms with Crippen LogP contribution in [0.5, 0.6) is 5.75 Å². The lowest BCUT2D eigenvalue weighted by molar-refractivity contribution is -0.144. The number of hydrogen-bond donors (Lipinski definition) is 2. The molecule has 6 nitrogen and oxygen atoms in total. The molecule has 0 amide bonds. The van der Waals surface area contributed by atoms with Crippen LogP contribution in [0.15, 0.2) is 47.5 Å². The summed E-state index contributed by atoms with van der Waals surface area (Å²) in [6.07, 6.45) is 0.729. The Balaban J connectivity index is 2.09. The van der Waals surface area contributed by atoms with Crippen LogP contribution >= 0.6 is 0 Å². The molecule has 124 valence electrons. The lowest BCUT2D eigenvalue weighted by Crippen LogP contribution is -2.22. The van der Waals surface area contributed by atoms with Crippen molar-refractivity contribution in [3.63, 3.8) is 0 Å². The Morgan fingerprint density at radius 3 is 2.33 bits per heavy atom. The number of aliphatic imine (C=N–C) groups is 1. The van der Waals surface area contributed by atoms with Crippen molar-refractivity contribution in [3.05, 3.63) is 59.2 Å². The van der Waals surface area contributed by atoms with E-state index in [1.54, 1.807) is 49.5 Å². The molecule has 0 aliphatic heterocycles. The number of aromatic carboxylic acids is 1. The Labute approximate surface area is 139 Å². The number of aryl methyl sites for hydroxylation is 1. The molecule has 0 fully saturated rings.